The van der Waals surface area contributed by atoms with Crippen molar-refractivity contribution in [1.82, 2.24) is 0 Å². The van der Waals surface area contributed by atoms with Crippen molar-refractivity contribution >= 4 is 0 Å². The standard InChI is InChI=1S/C10H14O.CH4/c1-9(2)8-11-10-6-4-3-5-7-10;/h3-7,9H,8H2,1-2H3;1H4. The molecule has 0 spiro atoms. The molecule has 0 fully saturated rings. The minimum Gasteiger partial charge on any atom is -0.493 e. The van der Waals surface area contributed by atoms with Crippen LogP contribution in [0.2, 0.25) is 0 Å². The minimum atomic E-state index is 0. The second-order valence-corrected chi connectivity index (χ2v) is 3.02. The lowest BCUT2D eigenvalue weighted by atomic mass is 10.2. The summed E-state index contributed by atoms with van der Waals surface area (Å²) in [7, 11) is 0. The van der Waals surface area contributed by atoms with E-state index in [1.807, 2.05) is 30.3 Å². The molecule has 1 heteroatoms. The summed E-state index contributed by atoms with van der Waals surface area (Å²) >= 11 is 0. The van der Waals surface area contributed by atoms with Gasteiger partial charge >= 0.3 is 0 Å². The molecule has 0 aliphatic rings. The van der Waals surface area contributed by atoms with Crippen LogP contribution in [0.4, 0.5) is 0 Å². The molecule has 0 bridgehead atoms. The van der Waals surface area contributed by atoms with Crippen molar-refractivity contribution in [1.29, 1.82) is 0 Å². The monoisotopic (exact) mass is 166 g/mol. The molecule has 0 aliphatic carbocycles. The zero-order valence-corrected chi connectivity index (χ0v) is 7.08. The van der Waals surface area contributed by atoms with Crippen molar-refractivity contribution in [3.8, 4) is 5.75 Å². The van der Waals surface area contributed by atoms with E-state index in [1.54, 1.807) is 0 Å². The van der Waals surface area contributed by atoms with Gasteiger partial charge in [0.1, 0.15) is 5.75 Å². The Morgan fingerprint density at radius 2 is 1.75 bits per heavy atom. The SMILES string of the molecule is C.CC(C)COc1ccccc1. The van der Waals surface area contributed by atoms with E-state index in [4.69, 9.17) is 4.74 Å². The molecule has 1 aromatic rings. The van der Waals surface area contributed by atoms with Gasteiger partial charge in [0.15, 0.2) is 0 Å². The van der Waals surface area contributed by atoms with Crippen molar-refractivity contribution in [2.75, 3.05) is 6.61 Å². The highest BCUT2D eigenvalue weighted by Gasteiger charge is 1.94. The van der Waals surface area contributed by atoms with E-state index < -0.39 is 0 Å². The first-order valence-corrected chi connectivity index (χ1v) is 3.97. The summed E-state index contributed by atoms with van der Waals surface area (Å²) in [5.74, 6) is 1.55. The molecule has 0 N–H and O–H groups in total. The largest absolute Gasteiger partial charge is 0.493 e. The Bertz CT molecular complexity index is 191. The Morgan fingerprint density at radius 3 is 2.25 bits per heavy atom. The third-order valence-electron chi connectivity index (χ3n) is 1.33. The molecule has 0 heterocycles. The van der Waals surface area contributed by atoms with Crippen molar-refractivity contribution < 1.29 is 4.74 Å². The molecule has 12 heavy (non-hydrogen) atoms. The smallest absolute Gasteiger partial charge is 0.119 e. The Labute approximate surface area is 75.4 Å². The van der Waals surface area contributed by atoms with Gasteiger partial charge in [-0.05, 0) is 18.1 Å². The van der Waals surface area contributed by atoms with E-state index in [1.165, 1.54) is 0 Å². The number of benzene rings is 1. The zero-order chi connectivity index (χ0) is 8.10. The highest BCUT2D eigenvalue weighted by atomic mass is 16.5. The predicted octanol–water partition coefficient (Wildman–Crippen LogP) is 3.36. The van der Waals surface area contributed by atoms with Gasteiger partial charge in [-0.15, -0.1) is 0 Å². The molecular formula is C11H18O. The van der Waals surface area contributed by atoms with E-state index in [2.05, 4.69) is 13.8 Å². The predicted molar refractivity (Wildman–Crippen MR) is 53.5 cm³/mol. The van der Waals surface area contributed by atoms with Crippen LogP contribution in [0.1, 0.15) is 21.3 Å². The maximum absolute atomic E-state index is 5.47. The molecule has 68 valence electrons. The van der Waals surface area contributed by atoms with Crippen molar-refractivity contribution in [3.63, 3.8) is 0 Å². The van der Waals surface area contributed by atoms with Gasteiger partial charge in [-0.1, -0.05) is 39.5 Å². The minimum absolute atomic E-state index is 0. The Hall–Kier alpha value is -0.980. The summed E-state index contributed by atoms with van der Waals surface area (Å²) in [6.07, 6.45) is 0. The molecule has 0 aliphatic heterocycles. The average Bonchev–Trinajstić information content (AvgIpc) is 2.03. The van der Waals surface area contributed by atoms with Gasteiger partial charge in [0.2, 0.25) is 0 Å². The summed E-state index contributed by atoms with van der Waals surface area (Å²) in [6, 6.07) is 9.90. The Balaban J connectivity index is 0.00000121. The Morgan fingerprint density at radius 1 is 1.17 bits per heavy atom. The van der Waals surface area contributed by atoms with Crippen LogP contribution in [0.25, 0.3) is 0 Å². The number of para-hydroxylation sites is 1. The van der Waals surface area contributed by atoms with E-state index in [-0.39, 0.29) is 7.43 Å². The van der Waals surface area contributed by atoms with E-state index in [0.29, 0.717) is 5.92 Å². The van der Waals surface area contributed by atoms with Gasteiger partial charge in [0.25, 0.3) is 0 Å². The van der Waals surface area contributed by atoms with Gasteiger partial charge in [-0.25, -0.2) is 0 Å². The fourth-order valence-electron chi connectivity index (χ4n) is 0.780. The van der Waals surface area contributed by atoms with E-state index in [9.17, 15) is 0 Å². The van der Waals surface area contributed by atoms with Crippen molar-refractivity contribution in [3.05, 3.63) is 30.3 Å². The van der Waals surface area contributed by atoms with Crippen LogP contribution in [-0.4, -0.2) is 6.61 Å². The highest BCUT2D eigenvalue weighted by Crippen LogP contribution is 2.09. The van der Waals surface area contributed by atoms with Crippen LogP contribution in [-0.2, 0) is 0 Å². The van der Waals surface area contributed by atoms with Crippen LogP contribution in [0, 0.1) is 5.92 Å². The second-order valence-electron chi connectivity index (χ2n) is 3.02. The lowest BCUT2D eigenvalue weighted by Crippen LogP contribution is -2.03. The molecule has 1 aromatic carbocycles. The van der Waals surface area contributed by atoms with Gasteiger partial charge in [-0.3, -0.25) is 0 Å². The summed E-state index contributed by atoms with van der Waals surface area (Å²) < 4.78 is 5.47. The maximum atomic E-state index is 5.47. The molecule has 0 saturated carbocycles. The van der Waals surface area contributed by atoms with E-state index in [0.717, 1.165) is 12.4 Å². The van der Waals surface area contributed by atoms with Gasteiger partial charge in [0.05, 0.1) is 6.61 Å². The first kappa shape index (κ1) is 11.0. The normalized spacial score (nSPS) is 9.25. The summed E-state index contributed by atoms with van der Waals surface area (Å²) in [6.45, 7) is 5.08. The topological polar surface area (TPSA) is 9.23 Å². The third kappa shape index (κ3) is 4.02. The van der Waals surface area contributed by atoms with Crippen LogP contribution in [0.5, 0.6) is 5.75 Å². The number of ether oxygens (including phenoxy) is 1. The summed E-state index contributed by atoms with van der Waals surface area (Å²) in [4.78, 5) is 0. The average molecular weight is 166 g/mol. The molecule has 0 aromatic heterocycles. The van der Waals surface area contributed by atoms with Gasteiger partial charge in [-0.2, -0.15) is 0 Å². The van der Waals surface area contributed by atoms with Crippen molar-refractivity contribution in [2.24, 2.45) is 5.92 Å². The quantitative estimate of drug-likeness (QED) is 0.669. The summed E-state index contributed by atoms with van der Waals surface area (Å²) in [5.41, 5.74) is 0. The fourth-order valence-corrected chi connectivity index (χ4v) is 0.780. The molecule has 1 nitrogen and oxygen atoms in total. The molecule has 0 amide bonds. The summed E-state index contributed by atoms with van der Waals surface area (Å²) in [5, 5.41) is 0. The second kappa shape index (κ2) is 5.64. The van der Waals surface area contributed by atoms with Gasteiger partial charge in [0, 0.05) is 0 Å². The zero-order valence-electron chi connectivity index (χ0n) is 7.08. The molecule has 0 saturated heterocycles. The molecule has 0 atom stereocenters. The van der Waals surface area contributed by atoms with Crippen molar-refractivity contribution in [2.45, 2.75) is 21.3 Å². The molecule has 0 radical (unpaired) electrons. The van der Waals surface area contributed by atoms with E-state index >= 15 is 0 Å². The number of hydrogen-bond donors (Lipinski definition) is 0. The fraction of sp³-hybridized carbons (Fsp3) is 0.455. The lowest BCUT2D eigenvalue weighted by Gasteiger charge is -2.07. The van der Waals surface area contributed by atoms with Gasteiger partial charge < -0.3 is 4.74 Å². The first-order valence-electron chi connectivity index (χ1n) is 3.97. The van der Waals surface area contributed by atoms with Crippen LogP contribution in [0.15, 0.2) is 30.3 Å². The van der Waals surface area contributed by atoms with Crippen LogP contribution >= 0.6 is 0 Å². The third-order valence-corrected chi connectivity index (χ3v) is 1.33. The van der Waals surface area contributed by atoms with Crippen LogP contribution in [0.3, 0.4) is 0 Å². The number of rotatable bonds is 3. The molecule has 1 rings (SSSR count). The molecular weight excluding hydrogens is 148 g/mol. The number of hydrogen-bond acceptors (Lipinski definition) is 1. The maximum Gasteiger partial charge on any atom is 0.119 e. The lowest BCUT2D eigenvalue weighted by molar-refractivity contribution is 0.271. The molecule has 0 unspecified atom stereocenters. The highest BCUT2D eigenvalue weighted by molar-refractivity contribution is 5.20. The van der Waals surface area contributed by atoms with Crippen LogP contribution < -0.4 is 4.74 Å². The Kier molecular flexibility index (Phi) is 5.18. The first-order chi connectivity index (χ1) is 5.29.